The summed E-state index contributed by atoms with van der Waals surface area (Å²) in [6, 6.07) is 0.283. The molecule has 0 radical (unpaired) electrons. The van der Waals surface area contributed by atoms with E-state index >= 15 is 0 Å². The van der Waals surface area contributed by atoms with Crippen LogP contribution in [0.5, 0.6) is 0 Å². The molecule has 0 saturated carbocycles. The molecule has 0 aromatic heterocycles. The molecule has 1 heterocycles. The molecule has 1 rings (SSSR count). The smallest absolute Gasteiger partial charge is 0.151 e. The number of rotatable bonds is 6. The van der Waals surface area contributed by atoms with E-state index in [0.717, 1.165) is 19.6 Å². The molecule has 0 amide bonds. The molecule has 1 atom stereocenters. The van der Waals surface area contributed by atoms with Crippen LogP contribution in [-0.4, -0.2) is 63.6 Å². The van der Waals surface area contributed by atoms with Crippen LogP contribution in [0.4, 0.5) is 0 Å². The monoisotopic (exact) mass is 249 g/mol. The van der Waals surface area contributed by atoms with Gasteiger partial charge >= 0.3 is 0 Å². The molecule has 1 unspecified atom stereocenters. The van der Waals surface area contributed by atoms with Gasteiger partial charge in [-0.3, -0.25) is 4.90 Å². The van der Waals surface area contributed by atoms with Crippen molar-refractivity contribution in [3.8, 4) is 0 Å². The van der Waals surface area contributed by atoms with E-state index in [1.54, 1.807) is 0 Å². The normalized spacial score (nSPS) is 23.5. The standard InChI is InChI=1S/C10H23N3O2S/c1-2-6-16(14,15)7-5-13-4-3-12-9-10(13)8-11/h10,12H,2-9,11H2,1H3. The maximum atomic E-state index is 11.6. The van der Waals surface area contributed by atoms with Crippen molar-refractivity contribution in [3.05, 3.63) is 0 Å². The lowest BCUT2D eigenvalue weighted by molar-refractivity contribution is 0.175. The van der Waals surface area contributed by atoms with Gasteiger partial charge in [0.05, 0.1) is 5.75 Å². The Hall–Kier alpha value is -0.170. The fourth-order valence-corrected chi connectivity index (χ4v) is 3.34. The van der Waals surface area contributed by atoms with E-state index in [0.29, 0.717) is 25.3 Å². The van der Waals surface area contributed by atoms with E-state index in [1.807, 2.05) is 6.92 Å². The molecule has 6 heteroatoms. The van der Waals surface area contributed by atoms with Crippen molar-refractivity contribution in [2.75, 3.05) is 44.2 Å². The summed E-state index contributed by atoms with van der Waals surface area (Å²) in [5.41, 5.74) is 5.66. The second-order valence-electron chi connectivity index (χ2n) is 4.28. The summed E-state index contributed by atoms with van der Waals surface area (Å²) in [7, 11) is -2.87. The molecule has 0 spiro atoms. The summed E-state index contributed by atoms with van der Waals surface area (Å²) >= 11 is 0. The molecule has 5 nitrogen and oxygen atoms in total. The highest BCUT2D eigenvalue weighted by Crippen LogP contribution is 2.03. The molecule has 0 aromatic rings. The Balaban J connectivity index is 2.41. The van der Waals surface area contributed by atoms with Crippen LogP contribution in [0, 0.1) is 0 Å². The van der Waals surface area contributed by atoms with Crippen LogP contribution >= 0.6 is 0 Å². The van der Waals surface area contributed by atoms with Gasteiger partial charge in [0, 0.05) is 44.5 Å². The molecule has 0 aliphatic carbocycles. The van der Waals surface area contributed by atoms with Gasteiger partial charge in [0.2, 0.25) is 0 Å². The molecular formula is C10H23N3O2S. The second-order valence-corrected chi connectivity index (χ2v) is 6.59. The Morgan fingerprint density at radius 3 is 2.81 bits per heavy atom. The molecule has 1 aliphatic heterocycles. The van der Waals surface area contributed by atoms with E-state index in [9.17, 15) is 8.42 Å². The summed E-state index contributed by atoms with van der Waals surface area (Å²) in [6.07, 6.45) is 0.699. The molecule has 96 valence electrons. The molecule has 3 N–H and O–H groups in total. The van der Waals surface area contributed by atoms with Crippen molar-refractivity contribution >= 4 is 9.84 Å². The van der Waals surface area contributed by atoms with Gasteiger partial charge in [0.15, 0.2) is 9.84 Å². The van der Waals surface area contributed by atoms with Gasteiger partial charge in [-0.1, -0.05) is 6.92 Å². The molecule has 0 aromatic carbocycles. The van der Waals surface area contributed by atoms with Gasteiger partial charge < -0.3 is 11.1 Å². The first kappa shape index (κ1) is 13.9. The van der Waals surface area contributed by atoms with Crippen molar-refractivity contribution in [2.45, 2.75) is 19.4 Å². The third-order valence-corrected chi connectivity index (χ3v) is 4.78. The quantitative estimate of drug-likeness (QED) is 0.634. The highest BCUT2D eigenvalue weighted by Gasteiger charge is 2.22. The fourth-order valence-electron chi connectivity index (χ4n) is 2.00. The molecular weight excluding hydrogens is 226 g/mol. The maximum absolute atomic E-state index is 11.6. The Morgan fingerprint density at radius 1 is 1.44 bits per heavy atom. The van der Waals surface area contributed by atoms with Crippen LogP contribution in [0.15, 0.2) is 0 Å². The average molecular weight is 249 g/mol. The van der Waals surface area contributed by atoms with Gasteiger partial charge in [0.1, 0.15) is 0 Å². The van der Waals surface area contributed by atoms with Gasteiger partial charge in [-0.05, 0) is 6.42 Å². The topological polar surface area (TPSA) is 75.4 Å². The van der Waals surface area contributed by atoms with E-state index in [-0.39, 0.29) is 11.8 Å². The summed E-state index contributed by atoms with van der Waals surface area (Å²) in [5, 5.41) is 3.27. The Labute approximate surface area is 98.3 Å². The third-order valence-electron chi connectivity index (χ3n) is 2.95. The third kappa shape index (κ3) is 4.37. The minimum atomic E-state index is -2.87. The lowest BCUT2D eigenvalue weighted by Crippen LogP contribution is -2.55. The van der Waals surface area contributed by atoms with Crippen LogP contribution in [0.25, 0.3) is 0 Å². The van der Waals surface area contributed by atoms with Crippen LogP contribution in [0.2, 0.25) is 0 Å². The van der Waals surface area contributed by atoms with Gasteiger partial charge in [-0.2, -0.15) is 0 Å². The summed E-state index contributed by atoms with van der Waals surface area (Å²) in [6.45, 7) is 5.77. The SMILES string of the molecule is CCCS(=O)(=O)CCN1CCNCC1CN. The highest BCUT2D eigenvalue weighted by molar-refractivity contribution is 7.91. The maximum Gasteiger partial charge on any atom is 0.151 e. The van der Waals surface area contributed by atoms with E-state index in [4.69, 9.17) is 5.73 Å². The molecule has 1 aliphatic rings. The van der Waals surface area contributed by atoms with Crippen molar-refractivity contribution in [1.29, 1.82) is 0 Å². The van der Waals surface area contributed by atoms with E-state index < -0.39 is 9.84 Å². The highest BCUT2D eigenvalue weighted by atomic mass is 32.2. The summed E-state index contributed by atoms with van der Waals surface area (Å²) in [4.78, 5) is 2.18. The van der Waals surface area contributed by atoms with Crippen LogP contribution < -0.4 is 11.1 Å². The van der Waals surface area contributed by atoms with E-state index in [1.165, 1.54) is 0 Å². The zero-order chi connectivity index (χ0) is 12.0. The average Bonchev–Trinajstić information content (AvgIpc) is 2.27. The van der Waals surface area contributed by atoms with Gasteiger partial charge in [-0.25, -0.2) is 8.42 Å². The summed E-state index contributed by atoms with van der Waals surface area (Å²) < 4.78 is 23.2. The number of nitrogens with zero attached hydrogens (tertiary/aromatic N) is 1. The fraction of sp³-hybridized carbons (Fsp3) is 1.00. The number of piperazine rings is 1. The molecule has 1 saturated heterocycles. The van der Waals surface area contributed by atoms with Crippen LogP contribution in [0.3, 0.4) is 0 Å². The number of sulfone groups is 1. The predicted molar refractivity (Wildman–Crippen MR) is 66.2 cm³/mol. The Morgan fingerprint density at radius 2 is 2.19 bits per heavy atom. The van der Waals surface area contributed by atoms with Crippen molar-refractivity contribution < 1.29 is 8.42 Å². The molecule has 16 heavy (non-hydrogen) atoms. The Bertz CT molecular complexity index is 292. The Kier molecular flexibility index (Phi) is 5.68. The van der Waals surface area contributed by atoms with Crippen LogP contribution in [-0.2, 0) is 9.84 Å². The number of hydrogen-bond donors (Lipinski definition) is 2. The summed E-state index contributed by atoms with van der Waals surface area (Å²) in [5.74, 6) is 0.559. The first-order valence-electron chi connectivity index (χ1n) is 5.94. The predicted octanol–water partition coefficient (Wildman–Crippen LogP) is -0.956. The first-order chi connectivity index (χ1) is 7.59. The van der Waals surface area contributed by atoms with Crippen molar-refractivity contribution in [1.82, 2.24) is 10.2 Å². The van der Waals surface area contributed by atoms with Crippen molar-refractivity contribution in [2.24, 2.45) is 5.73 Å². The lowest BCUT2D eigenvalue weighted by Gasteiger charge is -2.35. The van der Waals surface area contributed by atoms with Crippen molar-refractivity contribution in [3.63, 3.8) is 0 Å². The van der Waals surface area contributed by atoms with Gasteiger partial charge in [-0.15, -0.1) is 0 Å². The lowest BCUT2D eigenvalue weighted by atomic mass is 10.2. The molecule has 0 bridgehead atoms. The molecule has 1 fully saturated rings. The zero-order valence-electron chi connectivity index (χ0n) is 9.98. The second kappa shape index (κ2) is 6.54. The van der Waals surface area contributed by atoms with Gasteiger partial charge in [0.25, 0.3) is 0 Å². The number of nitrogens with one attached hydrogen (secondary N) is 1. The number of hydrogen-bond acceptors (Lipinski definition) is 5. The zero-order valence-corrected chi connectivity index (χ0v) is 10.8. The largest absolute Gasteiger partial charge is 0.329 e. The van der Waals surface area contributed by atoms with Crippen LogP contribution in [0.1, 0.15) is 13.3 Å². The van der Waals surface area contributed by atoms with E-state index in [2.05, 4.69) is 10.2 Å². The number of nitrogens with two attached hydrogens (primary N) is 1. The minimum Gasteiger partial charge on any atom is -0.329 e. The first-order valence-corrected chi connectivity index (χ1v) is 7.76. The minimum absolute atomic E-state index is 0.261.